The van der Waals surface area contributed by atoms with Gasteiger partial charge < -0.3 is 10.2 Å². The van der Waals surface area contributed by atoms with E-state index in [1.807, 2.05) is 13.0 Å². The summed E-state index contributed by atoms with van der Waals surface area (Å²) in [5.74, 6) is 1.33. The maximum atomic E-state index is 5.45. The number of oxazole rings is 1. The Morgan fingerprint density at radius 1 is 1.57 bits per heavy atom. The molecule has 0 atom stereocenters. The second kappa shape index (κ2) is 3.63. The molecule has 5 nitrogen and oxygen atoms in total. The quantitative estimate of drug-likeness (QED) is 0.756. The summed E-state index contributed by atoms with van der Waals surface area (Å²) < 4.78 is 5.45. The van der Waals surface area contributed by atoms with Gasteiger partial charge in [-0.05, 0) is 13.0 Å². The molecule has 0 saturated carbocycles. The standard InChI is InChI=1S/C9H12N4O/c1-6-4-7(13-12-6)8-5-11-9(14-8)2-3-10/h4-5H,2-3,10H2,1H3,(H,12,13). The summed E-state index contributed by atoms with van der Waals surface area (Å²) in [5.41, 5.74) is 7.16. The van der Waals surface area contributed by atoms with Gasteiger partial charge in [0, 0.05) is 18.7 Å². The molecule has 0 aliphatic rings. The van der Waals surface area contributed by atoms with Gasteiger partial charge in [-0.1, -0.05) is 0 Å². The summed E-state index contributed by atoms with van der Waals surface area (Å²) in [5, 5.41) is 6.92. The minimum atomic E-state index is 0.541. The number of aryl methyl sites for hydroxylation is 1. The van der Waals surface area contributed by atoms with Gasteiger partial charge in [-0.2, -0.15) is 5.10 Å². The molecule has 74 valence electrons. The summed E-state index contributed by atoms with van der Waals surface area (Å²) >= 11 is 0. The Labute approximate surface area is 81.3 Å². The van der Waals surface area contributed by atoms with Gasteiger partial charge in [-0.15, -0.1) is 0 Å². The van der Waals surface area contributed by atoms with Crippen molar-refractivity contribution in [1.82, 2.24) is 15.2 Å². The van der Waals surface area contributed by atoms with Crippen LogP contribution in [0.3, 0.4) is 0 Å². The van der Waals surface area contributed by atoms with Crippen LogP contribution in [-0.2, 0) is 6.42 Å². The Bertz CT molecular complexity index is 418. The number of nitrogens with two attached hydrogens (primary N) is 1. The molecule has 2 rings (SSSR count). The lowest BCUT2D eigenvalue weighted by molar-refractivity contribution is 0.506. The van der Waals surface area contributed by atoms with Crippen molar-refractivity contribution in [2.24, 2.45) is 5.73 Å². The van der Waals surface area contributed by atoms with Crippen molar-refractivity contribution in [2.45, 2.75) is 13.3 Å². The number of aromatic amines is 1. The maximum absolute atomic E-state index is 5.45. The molecule has 0 fully saturated rings. The highest BCUT2D eigenvalue weighted by molar-refractivity contribution is 5.50. The van der Waals surface area contributed by atoms with Gasteiger partial charge in [0.2, 0.25) is 0 Å². The Morgan fingerprint density at radius 3 is 3.07 bits per heavy atom. The highest BCUT2D eigenvalue weighted by Crippen LogP contribution is 2.18. The van der Waals surface area contributed by atoms with Crippen LogP contribution in [-0.4, -0.2) is 21.7 Å². The molecule has 0 saturated heterocycles. The number of hydrogen-bond donors (Lipinski definition) is 2. The third kappa shape index (κ3) is 1.67. The van der Waals surface area contributed by atoms with Crippen LogP contribution in [0.2, 0.25) is 0 Å². The Kier molecular flexibility index (Phi) is 2.32. The van der Waals surface area contributed by atoms with E-state index in [-0.39, 0.29) is 0 Å². The number of nitrogens with zero attached hydrogens (tertiary/aromatic N) is 2. The summed E-state index contributed by atoms with van der Waals surface area (Å²) in [6, 6.07) is 1.91. The van der Waals surface area contributed by atoms with Crippen molar-refractivity contribution in [3.05, 3.63) is 23.8 Å². The molecule has 0 aliphatic heterocycles. The molecule has 0 amide bonds. The second-order valence-corrected chi connectivity index (χ2v) is 3.09. The van der Waals surface area contributed by atoms with Crippen molar-refractivity contribution in [2.75, 3.05) is 6.54 Å². The van der Waals surface area contributed by atoms with Crippen LogP contribution in [0.1, 0.15) is 11.6 Å². The van der Waals surface area contributed by atoms with Crippen molar-refractivity contribution in [3.63, 3.8) is 0 Å². The average molecular weight is 192 g/mol. The molecule has 0 spiro atoms. The average Bonchev–Trinajstić information content (AvgIpc) is 2.74. The predicted octanol–water partition coefficient (Wildman–Crippen LogP) is 0.874. The van der Waals surface area contributed by atoms with E-state index in [0.717, 1.165) is 11.4 Å². The first-order chi connectivity index (χ1) is 6.79. The summed E-state index contributed by atoms with van der Waals surface area (Å²) in [7, 11) is 0. The highest BCUT2D eigenvalue weighted by atomic mass is 16.4. The Balaban J connectivity index is 2.24. The molecule has 0 bridgehead atoms. The zero-order chi connectivity index (χ0) is 9.97. The number of aromatic nitrogens is 3. The first-order valence-electron chi connectivity index (χ1n) is 4.47. The van der Waals surface area contributed by atoms with Crippen molar-refractivity contribution in [3.8, 4) is 11.5 Å². The molecular formula is C9H12N4O. The molecule has 0 aromatic carbocycles. The molecule has 2 aromatic heterocycles. The van der Waals surface area contributed by atoms with Crippen molar-refractivity contribution >= 4 is 0 Å². The third-order valence-electron chi connectivity index (χ3n) is 1.87. The van der Waals surface area contributed by atoms with E-state index in [2.05, 4.69) is 15.2 Å². The van der Waals surface area contributed by atoms with E-state index < -0.39 is 0 Å². The third-order valence-corrected chi connectivity index (χ3v) is 1.87. The second-order valence-electron chi connectivity index (χ2n) is 3.09. The van der Waals surface area contributed by atoms with Crippen LogP contribution in [0.25, 0.3) is 11.5 Å². The van der Waals surface area contributed by atoms with Crippen LogP contribution >= 0.6 is 0 Å². The largest absolute Gasteiger partial charge is 0.439 e. The fourth-order valence-corrected chi connectivity index (χ4v) is 1.21. The monoisotopic (exact) mass is 192 g/mol. The first kappa shape index (κ1) is 8.96. The lowest BCUT2D eigenvalue weighted by Gasteiger charge is -1.88. The predicted molar refractivity (Wildman–Crippen MR) is 51.6 cm³/mol. The van der Waals surface area contributed by atoms with Gasteiger partial charge in [0.1, 0.15) is 5.69 Å². The Morgan fingerprint density at radius 2 is 2.43 bits per heavy atom. The fourth-order valence-electron chi connectivity index (χ4n) is 1.21. The minimum absolute atomic E-state index is 0.541. The SMILES string of the molecule is Cc1cc(-c2cnc(CCN)o2)n[nH]1. The zero-order valence-electron chi connectivity index (χ0n) is 7.95. The fraction of sp³-hybridized carbons (Fsp3) is 0.333. The van der Waals surface area contributed by atoms with E-state index in [1.54, 1.807) is 6.20 Å². The van der Waals surface area contributed by atoms with Gasteiger partial charge in [0.05, 0.1) is 6.20 Å². The molecule has 5 heteroatoms. The molecule has 0 radical (unpaired) electrons. The van der Waals surface area contributed by atoms with E-state index in [4.69, 9.17) is 10.2 Å². The molecule has 2 aromatic rings. The van der Waals surface area contributed by atoms with Gasteiger partial charge >= 0.3 is 0 Å². The van der Waals surface area contributed by atoms with Crippen molar-refractivity contribution in [1.29, 1.82) is 0 Å². The van der Waals surface area contributed by atoms with E-state index in [0.29, 0.717) is 24.6 Å². The van der Waals surface area contributed by atoms with Gasteiger partial charge in [0.25, 0.3) is 0 Å². The number of nitrogens with one attached hydrogen (secondary N) is 1. The maximum Gasteiger partial charge on any atom is 0.196 e. The molecule has 0 unspecified atom stereocenters. The van der Waals surface area contributed by atoms with Crippen LogP contribution < -0.4 is 5.73 Å². The van der Waals surface area contributed by atoms with Crippen LogP contribution in [0.5, 0.6) is 0 Å². The summed E-state index contributed by atoms with van der Waals surface area (Å²) in [6.45, 7) is 2.48. The van der Waals surface area contributed by atoms with E-state index in [9.17, 15) is 0 Å². The van der Waals surface area contributed by atoms with E-state index in [1.165, 1.54) is 0 Å². The van der Waals surface area contributed by atoms with Gasteiger partial charge in [0.15, 0.2) is 11.7 Å². The zero-order valence-corrected chi connectivity index (χ0v) is 7.95. The smallest absolute Gasteiger partial charge is 0.196 e. The molecule has 0 aliphatic carbocycles. The minimum Gasteiger partial charge on any atom is -0.439 e. The van der Waals surface area contributed by atoms with Gasteiger partial charge in [-0.3, -0.25) is 5.10 Å². The summed E-state index contributed by atoms with van der Waals surface area (Å²) in [4.78, 5) is 4.09. The van der Waals surface area contributed by atoms with Crippen LogP contribution in [0.4, 0.5) is 0 Å². The molecule has 2 heterocycles. The highest BCUT2D eigenvalue weighted by Gasteiger charge is 2.08. The lowest BCUT2D eigenvalue weighted by Crippen LogP contribution is -2.02. The molecule has 3 N–H and O–H groups in total. The molecular weight excluding hydrogens is 180 g/mol. The van der Waals surface area contributed by atoms with Crippen molar-refractivity contribution < 1.29 is 4.42 Å². The van der Waals surface area contributed by atoms with Crippen LogP contribution in [0, 0.1) is 6.92 Å². The summed E-state index contributed by atoms with van der Waals surface area (Å²) in [6.07, 6.45) is 2.32. The number of rotatable bonds is 3. The topological polar surface area (TPSA) is 80.7 Å². The van der Waals surface area contributed by atoms with Crippen LogP contribution in [0.15, 0.2) is 16.7 Å². The number of H-pyrrole nitrogens is 1. The first-order valence-corrected chi connectivity index (χ1v) is 4.47. The normalized spacial score (nSPS) is 10.7. The lowest BCUT2D eigenvalue weighted by atomic mass is 10.3. The number of hydrogen-bond acceptors (Lipinski definition) is 4. The molecule has 14 heavy (non-hydrogen) atoms. The van der Waals surface area contributed by atoms with E-state index >= 15 is 0 Å². The van der Waals surface area contributed by atoms with Gasteiger partial charge in [-0.25, -0.2) is 4.98 Å². The Hall–Kier alpha value is -1.62.